The van der Waals surface area contributed by atoms with E-state index < -0.39 is 22.2 Å². The van der Waals surface area contributed by atoms with E-state index in [1.54, 1.807) is 22.4 Å². The summed E-state index contributed by atoms with van der Waals surface area (Å²) in [6.45, 7) is 2.67. The molecule has 0 spiro atoms. The Bertz CT molecular complexity index is 1030. The number of carboxylic acids is 1. The van der Waals surface area contributed by atoms with Gasteiger partial charge in [-0.25, -0.2) is 13.2 Å². The first kappa shape index (κ1) is 27.2. The number of alkyl halides is 3. The summed E-state index contributed by atoms with van der Waals surface area (Å²) in [7, 11) is -3.72. The minimum absolute atomic E-state index is 0.156. The first-order valence-electron chi connectivity index (χ1n) is 9.48. The Morgan fingerprint density at radius 3 is 2.21 bits per heavy atom. The molecule has 0 saturated carbocycles. The number of hydrogen-bond acceptors (Lipinski definition) is 6. The van der Waals surface area contributed by atoms with Gasteiger partial charge in [0.15, 0.2) is 0 Å². The van der Waals surface area contributed by atoms with Crippen LogP contribution in [-0.4, -0.2) is 73.5 Å². The van der Waals surface area contributed by atoms with Gasteiger partial charge in [-0.15, -0.1) is 11.3 Å². The average Bonchev–Trinajstić information content (AvgIpc) is 3.31. The van der Waals surface area contributed by atoms with Crippen LogP contribution in [0.5, 0.6) is 0 Å². The molecule has 0 bridgehead atoms. The molecule has 8 nitrogen and oxygen atoms in total. The summed E-state index contributed by atoms with van der Waals surface area (Å²) in [5.74, 6) is -2.92. The zero-order chi connectivity index (χ0) is 24.6. The number of nitrogens with one attached hydrogen (secondary N) is 1. The molecule has 33 heavy (non-hydrogen) atoms. The molecule has 1 aromatic carbocycles. The van der Waals surface area contributed by atoms with Gasteiger partial charge < -0.3 is 15.3 Å². The molecule has 1 aliphatic heterocycles. The standard InChI is InChI=1S/C17H20BrN3O3S2.C2HF3O2/c18-15-5-3-14(4-6-15)12-21(26(23,24)17-2-1-11-25-17)13-16(22)20-9-7-19-8-10-20;3-2(4,5)1(6)7/h1-6,11,19H,7-10,12-13H2;(H,6,7). The number of carbonyl (C=O) groups excluding carboxylic acids is 1. The Morgan fingerprint density at radius 2 is 1.73 bits per heavy atom. The Hall–Kier alpha value is -2.00. The SMILES string of the molecule is O=C(CN(Cc1ccc(Br)cc1)S(=O)(=O)c1cccs1)N1CCNCC1.O=C(O)C(F)(F)F. The van der Waals surface area contributed by atoms with E-state index >= 15 is 0 Å². The molecule has 1 amide bonds. The lowest BCUT2D eigenvalue weighted by Gasteiger charge is -2.30. The molecule has 0 aliphatic carbocycles. The van der Waals surface area contributed by atoms with Crippen molar-refractivity contribution < 1.29 is 36.3 Å². The van der Waals surface area contributed by atoms with Gasteiger partial charge in [0.2, 0.25) is 5.91 Å². The Morgan fingerprint density at radius 1 is 1.15 bits per heavy atom. The normalized spacial score (nSPS) is 14.5. The summed E-state index contributed by atoms with van der Waals surface area (Å²) >= 11 is 4.54. The number of carbonyl (C=O) groups is 2. The van der Waals surface area contributed by atoms with Crippen LogP contribution in [0.25, 0.3) is 0 Å². The summed E-state index contributed by atoms with van der Waals surface area (Å²) < 4.78 is 60.2. The van der Waals surface area contributed by atoms with Gasteiger partial charge in [-0.2, -0.15) is 17.5 Å². The fourth-order valence-electron chi connectivity index (χ4n) is 2.72. The van der Waals surface area contributed by atoms with Crippen LogP contribution in [0.3, 0.4) is 0 Å². The molecule has 0 unspecified atom stereocenters. The highest BCUT2D eigenvalue weighted by atomic mass is 79.9. The van der Waals surface area contributed by atoms with Gasteiger partial charge in [0, 0.05) is 37.2 Å². The molecular formula is C19H21BrF3N3O5S2. The summed E-state index contributed by atoms with van der Waals surface area (Å²) in [6, 6.07) is 10.7. The van der Waals surface area contributed by atoms with Crippen LogP contribution in [0.15, 0.2) is 50.5 Å². The third-order valence-corrected chi connectivity index (χ3v) is 8.08. The Labute approximate surface area is 201 Å². The number of halogens is 4. The van der Waals surface area contributed by atoms with Crippen molar-refractivity contribution in [2.24, 2.45) is 0 Å². The molecule has 2 N–H and O–H groups in total. The van der Waals surface area contributed by atoms with Gasteiger partial charge in [-0.3, -0.25) is 4.79 Å². The predicted octanol–water partition coefficient (Wildman–Crippen LogP) is 2.77. The van der Waals surface area contributed by atoms with Crippen molar-refractivity contribution in [1.29, 1.82) is 0 Å². The van der Waals surface area contributed by atoms with Gasteiger partial charge in [0.1, 0.15) is 4.21 Å². The van der Waals surface area contributed by atoms with Gasteiger partial charge >= 0.3 is 12.1 Å². The number of thiophene rings is 1. The van der Waals surface area contributed by atoms with Gasteiger partial charge in [-0.05, 0) is 29.1 Å². The zero-order valence-corrected chi connectivity index (χ0v) is 20.3. The first-order valence-corrected chi connectivity index (χ1v) is 12.6. The van der Waals surface area contributed by atoms with E-state index in [9.17, 15) is 26.4 Å². The second kappa shape index (κ2) is 11.9. The second-order valence-electron chi connectivity index (χ2n) is 6.77. The maximum absolute atomic E-state index is 13.0. The van der Waals surface area contributed by atoms with E-state index in [1.807, 2.05) is 24.3 Å². The van der Waals surface area contributed by atoms with Crippen LogP contribution in [0, 0.1) is 0 Å². The van der Waals surface area contributed by atoms with Gasteiger partial charge in [-0.1, -0.05) is 34.1 Å². The average molecular weight is 572 g/mol. The van der Waals surface area contributed by atoms with Crippen LogP contribution in [0.2, 0.25) is 0 Å². The third-order valence-electron chi connectivity index (χ3n) is 4.39. The maximum atomic E-state index is 13.0. The molecule has 2 aromatic rings. The first-order chi connectivity index (χ1) is 15.4. The number of piperazine rings is 1. The molecule has 0 radical (unpaired) electrons. The highest BCUT2D eigenvalue weighted by molar-refractivity contribution is 9.10. The Kier molecular flexibility index (Phi) is 9.84. The number of carboxylic acid groups (broad SMARTS) is 1. The number of rotatable bonds is 6. The number of aliphatic carboxylic acids is 1. The van der Waals surface area contributed by atoms with Crippen molar-refractivity contribution in [3.8, 4) is 0 Å². The lowest BCUT2D eigenvalue weighted by Crippen LogP contribution is -2.50. The number of hydrogen-bond donors (Lipinski definition) is 2. The Balaban J connectivity index is 0.000000479. The van der Waals surface area contributed by atoms with Crippen LogP contribution in [-0.2, 0) is 26.2 Å². The smallest absolute Gasteiger partial charge is 0.475 e. The highest BCUT2D eigenvalue weighted by Gasteiger charge is 2.38. The summed E-state index contributed by atoms with van der Waals surface area (Å²) in [5.41, 5.74) is 0.835. The maximum Gasteiger partial charge on any atom is 0.490 e. The minimum Gasteiger partial charge on any atom is -0.475 e. The number of benzene rings is 1. The van der Waals surface area contributed by atoms with Crippen molar-refractivity contribution in [2.45, 2.75) is 16.9 Å². The summed E-state index contributed by atoms with van der Waals surface area (Å²) in [6.07, 6.45) is -5.08. The van der Waals surface area contributed by atoms with Gasteiger partial charge in [0.05, 0.1) is 6.54 Å². The van der Waals surface area contributed by atoms with E-state index in [2.05, 4.69) is 21.2 Å². The molecule has 0 atom stereocenters. The molecule has 1 saturated heterocycles. The van der Waals surface area contributed by atoms with E-state index in [1.165, 1.54) is 4.31 Å². The molecule has 14 heteroatoms. The van der Waals surface area contributed by atoms with E-state index in [-0.39, 0.29) is 23.2 Å². The molecule has 3 rings (SSSR count). The fraction of sp³-hybridized carbons (Fsp3) is 0.368. The molecule has 1 fully saturated rings. The summed E-state index contributed by atoms with van der Waals surface area (Å²) in [4.78, 5) is 23.3. The minimum atomic E-state index is -5.08. The molecule has 1 aliphatic rings. The van der Waals surface area contributed by atoms with Crippen molar-refractivity contribution >= 4 is 49.2 Å². The third kappa shape index (κ3) is 8.37. The number of amides is 1. The van der Waals surface area contributed by atoms with Crippen molar-refractivity contribution in [2.75, 3.05) is 32.7 Å². The van der Waals surface area contributed by atoms with Crippen molar-refractivity contribution in [3.63, 3.8) is 0 Å². The van der Waals surface area contributed by atoms with E-state index in [0.29, 0.717) is 13.1 Å². The van der Waals surface area contributed by atoms with Crippen LogP contribution >= 0.6 is 27.3 Å². The lowest BCUT2D eigenvalue weighted by atomic mass is 10.2. The lowest BCUT2D eigenvalue weighted by molar-refractivity contribution is -0.192. The fourth-order valence-corrected chi connectivity index (χ4v) is 5.51. The second-order valence-corrected chi connectivity index (χ2v) is 10.8. The van der Waals surface area contributed by atoms with E-state index in [4.69, 9.17) is 9.90 Å². The van der Waals surface area contributed by atoms with Crippen LogP contribution in [0.4, 0.5) is 13.2 Å². The van der Waals surface area contributed by atoms with Crippen molar-refractivity contribution in [3.05, 3.63) is 51.8 Å². The largest absolute Gasteiger partial charge is 0.490 e. The molecule has 1 aromatic heterocycles. The summed E-state index contributed by atoms with van der Waals surface area (Å²) in [5, 5.41) is 12.0. The zero-order valence-electron chi connectivity index (χ0n) is 17.1. The van der Waals surface area contributed by atoms with Crippen LogP contribution in [0.1, 0.15) is 5.56 Å². The topological polar surface area (TPSA) is 107 Å². The van der Waals surface area contributed by atoms with Crippen molar-refractivity contribution in [1.82, 2.24) is 14.5 Å². The number of sulfonamides is 1. The molecule has 2 heterocycles. The molecule has 182 valence electrons. The molecular weight excluding hydrogens is 551 g/mol. The van der Waals surface area contributed by atoms with E-state index in [0.717, 1.165) is 34.5 Å². The van der Waals surface area contributed by atoms with Crippen LogP contribution < -0.4 is 5.32 Å². The highest BCUT2D eigenvalue weighted by Crippen LogP contribution is 2.23. The quantitative estimate of drug-likeness (QED) is 0.552. The number of nitrogens with zero attached hydrogens (tertiary/aromatic N) is 2. The van der Waals surface area contributed by atoms with Gasteiger partial charge in [0.25, 0.3) is 10.0 Å². The monoisotopic (exact) mass is 571 g/mol. The predicted molar refractivity (Wildman–Crippen MR) is 119 cm³/mol.